The van der Waals surface area contributed by atoms with Gasteiger partial charge in [0.1, 0.15) is 5.69 Å². The smallest absolute Gasteiger partial charge is 0.172 e. The molecule has 0 saturated carbocycles. The van der Waals surface area contributed by atoms with Crippen LogP contribution in [0.5, 0.6) is 0 Å². The fourth-order valence-corrected chi connectivity index (χ4v) is 1.51. The molecule has 1 heterocycles. The van der Waals surface area contributed by atoms with Gasteiger partial charge in [-0.25, -0.2) is 4.68 Å². The van der Waals surface area contributed by atoms with E-state index in [0.717, 1.165) is 37.8 Å². The molecule has 0 radical (unpaired) electrons. The summed E-state index contributed by atoms with van der Waals surface area (Å²) in [5.41, 5.74) is 1.49. The van der Waals surface area contributed by atoms with E-state index >= 15 is 0 Å². The average Bonchev–Trinajstić information content (AvgIpc) is 2.58. The molecule has 0 amide bonds. The standard InChI is InChI=1S/C11H19N3O/c1-4-7-14-11(6-5-9(2)3)10(8-15)12-13-14/h8-9H,4-7H2,1-3H3. The first-order valence-corrected chi connectivity index (χ1v) is 5.56. The molecule has 0 atom stereocenters. The van der Waals surface area contributed by atoms with Crippen molar-refractivity contribution in [2.75, 3.05) is 0 Å². The minimum absolute atomic E-state index is 0.504. The van der Waals surface area contributed by atoms with Crippen LogP contribution >= 0.6 is 0 Å². The minimum atomic E-state index is 0.504. The van der Waals surface area contributed by atoms with Gasteiger partial charge in [0, 0.05) is 6.54 Å². The van der Waals surface area contributed by atoms with Crippen molar-refractivity contribution in [2.24, 2.45) is 5.92 Å². The summed E-state index contributed by atoms with van der Waals surface area (Å²) in [6.07, 6.45) is 3.77. The molecule has 0 spiro atoms. The topological polar surface area (TPSA) is 47.8 Å². The zero-order valence-corrected chi connectivity index (χ0v) is 9.73. The van der Waals surface area contributed by atoms with Gasteiger partial charge in [0.2, 0.25) is 0 Å². The number of rotatable bonds is 6. The highest BCUT2D eigenvalue weighted by Crippen LogP contribution is 2.11. The van der Waals surface area contributed by atoms with Crippen LogP contribution in [0.1, 0.15) is 49.8 Å². The van der Waals surface area contributed by atoms with Crippen molar-refractivity contribution in [3.63, 3.8) is 0 Å². The predicted octanol–water partition coefficient (Wildman–Crippen LogP) is 2.09. The molecule has 0 N–H and O–H groups in total. The summed E-state index contributed by atoms with van der Waals surface area (Å²) < 4.78 is 1.85. The lowest BCUT2D eigenvalue weighted by molar-refractivity contribution is 0.111. The highest BCUT2D eigenvalue weighted by Gasteiger charge is 2.11. The van der Waals surface area contributed by atoms with Gasteiger partial charge in [-0.1, -0.05) is 26.0 Å². The van der Waals surface area contributed by atoms with E-state index in [1.165, 1.54) is 0 Å². The fourth-order valence-electron chi connectivity index (χ4n) is 1.51. The zero-order chi connectivity index (χ0) is 11.3. The van der Waals surface area contributed by atoms with Crippen molar-refractivity contribution in [1.29, 1.82) is 0 Å². The van der Waals surface area contributed by atoms with Crippen LogP contribution in [-0.2, 0) is 13.0 Å². The third-order valence-corrected chi connectivity index (χ3v) is 2.37. The summed E-state index contributed by atoms with van der Waals surface area (Å²) in [4.78, 5) is 10.8. The van der Waals surface area contributed by atoms with Crippen molar-refractivity contribution >= 4 is 6.29 Å². The highest BCUT2D eigenvalue weighted by molar-refractivity contribution is 5.73. The molecular formula is C11H19N3O. The second-order valence-corrected chi connectivity index (χ2v) is 4.19. The molecule has 0 aromatic carbocycles. The number of aromatic nitrogens is 3. The van der Waals surface area contributed by atoms with Crippen molar-refractivity contribution < 1.29 is 4.79 Å². The van der Waals surface area contributed by atoms with Gasteiger partial charge in [0.15, 0.2) is 6.29 Å². The number of carbonyl (C=O) groups is 1. The van der Waals surface area contributed by atoms with Gasteiger partial charge in [-0.05, 0) is 25.2 Å². The Bertz CT molecular complexity index is 318. The van der Waals surface area contributed by atoms with Crippen molar-refractivity contribution in [3.8, 4) is 0 Å². The summed E-state index contributed by atoms with van der Waals surface area (Å²) in [6.45, 7) is 7.28. The van der Waals surface area contributed by atoms with Gasteiger partial charge < -0.3 is 0 Å². The van der Waals surface area contributed by atoms with E-state index in [1.54, 1.807) is 0 Å². The molecule has 4 heteroatoms. The first-order chi connectivity index (χ1) is 7.19. The summed E-state index contributed by atoms with van der Waals surface area (Å²) in [6, 6.07) is 0. The van der Waals surface area contributed by atoms with E-state index < -0.39 is 0 Å². The molecule has 0 aliphatic carbocycles. The Balaban J connectivity index is 2.79. The number of hydrogen-bond acceptors (Lipinski definition) is 3. The highest BCUT2D eigenvalue weighted by atomic mass is 16.1. The molecule has 84 valence electrons. The van der Waals surface area contributed by atoms with E-state index in [9.17, 15) is 4.79 Å². The maximum atomic E-state index is 10.8. The molecule has 1 rings (SSSR count). The molecular weight excluding hydrogens is 190 g/mol. The van der Waals surface area contributed by atoms with Crippen LogP contribution in [0, 0.1) is 5.92 Å². The monoisotopic (exact) mass is 209 g/mol. The maximum absolute atomic E-state index is 10.8. The second kappa shape index (κ2) is 5.63. The molecule has 0 saturated heterocycles. The largest absolute Gasteiger partial charge is 0.296 e. The molecule has 0 aliphatic heterocycles. The molecule has 1 aromatic heterocycles. The van der Waals surface area contributed by atoms with Crippen LogP contribution in [0.25, 0.3) is 0 Å². The van der Waals surface area contributed by atoms with Crippen LogP contribution in [0.15, 0.2) is 0 Å². The van der Waals surface area contributed by atoms with Crippen LogP contribution < -0.4 is 0 Å². The van der Waals surface area contributed by atoms with Crippen LogP contribution in [0.4, 0.5) is 0 Å². The SMILES string of the molecule is CCCn1nnc(C=O)c1CCC(C)C. The number of aldehydes is 1. The first-order valence-electron chi connectivity index (χ1n) is 5.56. The van der Waals surface area contributed by atoms with Gasteiger partial charge in [-0.3, -0.25) is 4.79 Å². The van der Waals surface area contributed by atoms with Crippen molar-refractivity contribution in [3.05, 3.63) is 11.4 Å². The molecule has 0 fully saturated rings. The normalized spacial score (nSPS) is 10.9. The Labute approximate surface area is 90.7 Å². The number of hydrogen-bond donors (Lipinski definition) is 0. The first kappa shape index (κ1) is 11.9. The number of carbonyl (C=O) groups excluding carboxylic acids is 1. The van der Waals surface area contributed by atoms with Gasteiger partial charge in [0.25, 0.3) is 0 Å². The lowest BCUT2D eigenvalue weighted by Crippen LogP contribution is -2.07. The average molecular weight is 209 g/mol. The third kappa shape index (κ3) is 3.15. The van der Waals surface area contributed by atoms with Crippen molar-refractivity contribution in [1.82, 2.24) is 15.0 Å². The van der Waals surface area contributed by atoms with E-state index in [0.29, 0.717) is 11.6 Å². The molecule has 0 bridgehead atoms. The molecule has 0 unspecified atom stereocenters. The van der Waals surface area contributed by atoms with E-state index in [-0.39, 0.29) is 0 Å². The van der Waals surface area contributed by atoms with Gasteiger partial charge in [-0.15, -0.1) is 5.10 Å². The summed E-state index contributed by atoms with van der Waals surface area (Å²) in [5.74, 6) is 0.634. The lowest BCUT2D eigenvalue weighted by Gasteiger charge is -2.07. The van der Waals surface area contributed by atoms with E-state index in [1.807, 2.05) is 4.68 Å². The zero-order valence-electron chi connectivity index (χ0n) is 9.73. The van der Waals surface area contributed by atoms with Crippen LogP contribution in [0.2, 0.25) is 0 Å². The lowest BCUT2D eigenvalue weighted by atomic mass is 10.1. The van der Waals surface area contributed by atoms with Crippen LogP contribution in [0.3, 0.4) is 0 Å². The fraction of sp³-hybridized carbons (Fsp3) is 0.727. The van der Waals surface area contributed by atoms with Crippen molar-refractivity contribution in [2.45, 2.75) is 46.6 Å². The quantitative estimate of drug-likeness (QED) is 0.674. The predicted molar refractivity (Wildman–Crippen MR) is 58.9 cm³/mol. The van der Waals surface area contributed by atoms with Gasteiger partial charge >= 0.3 is 0 Å². The second-order valence-electron chi connectivity index (χ2n) is 4.19. The Morgan fingerprint density at radius 1 is 1.47 bits per heavy atom. The minimum Gasteiger partial charge on any atom is -0.296 e. The molecule has 1 aromatic rings. The van der Waals surface area contributed by atoms with E-state index in [4.69, 9.17) is 0 Å². The number of aryl methyl sites for hydroxylation is 1. The Kier molecular flexibility index (Phi) is 4.46. The summed E-state index contributed by atoms with van der Waals surface area (Å²) in [5, 5.41) is 7.87. The van der Waals surface area contributed by atoms with Crippen LogP contribution in [-0.4, -0.2) is 21.3 Å². The Hall–Kier alpha value is -1.19. The third-order valence-electron chi connectivity index (χ3n) is 2.37. The maximum Gasteiger partial charge on any atom is 0.172 e. The molecule has 0 aliphatic rings. The molecule has 15 heavy (non-hydrogen) atoms. The van der Waals surface area contributed by atoms with E-state index in [2.05, 4.69) is 31.1 Å². The number of nitrogens with zero attached hydrogens (tertiary/aromatic N) is 3. The summed E-state index contributed by atoms with van der Waals surface area (Å²) >= 11 is 0. The Morgan fingerprint density at radius 3 is 2.73 bits per heavy atom. The summed E-state index contributed by atoms with van der Waals surface area (Å²) in [7, 11) is 0. The van der Waals surface area contributed by atoms with Gasteiger partial charge in [-0.2, -0.15) is 0 Å². The Morgan fingerprint density at radius 2 is 2.20 bits per heavy atom. The van der Waals surface area contributed by atoms with Gasteiger partial charge in [0.05, 0.1) is 5.69 Å². The molecule has 4 nitrogen and oxygen atoms in total.